The van der Waals surface area contributed by atoms with Crippen LogP contribution in [0.2, 0.25) is 0 Å². The number of aliphatic hydroxyl groups is 1. The number of ether oxygens (including phenoxy) is 1. The Morgan fingerprint density at radius 3 is 2.00 bits per heavy atom. The summed E-state index contributed by atoms with van der Waals surface area (Å²) in [6, 6.07) is 0. The smallest absolute Gasteiger partial charge is 0.408 e. The molecule has 2 bridgehead atoms. The number of nitrogens with one attached hydrogen (secondary N) is 1. The van der Waals surface area contributed by atoms with E-state index < -0.39 is 11.2 Å². The van der Waals surface area contributed by atoms with Gasteiger partial charge in [0.1, 0.15) is 5.60 Å². The van der Waals surface area contributed by atoms with Crippen molar-refractivity contribution in [1.82, 2.24) is 5.32 Å². The van der Waals surface area contributed by atoms with Gasteiger partial charge in [-0.2, -0.15) is 0 Å². The van der Waals surface area contributed by atoms with E-state index in [0.717, 1.165) is 38.5 Å². The number of alkyl carbamates (subject to hydrolysis) is 1. The molecule has 0 aliphatic heterocycles. The summed E-state index contributed by atoms with van der Waals surface area (Å²) in [6.45, 7) is 5.60. The minimum absolute atomic E-state index is 0.132. The lowest BCUT2D eigenvalue weighted by molar-refractivity contribution is -0.0734. The summed E-state index contributed by atoms with van der Waals surface area (Å²) in [5.41, 5.74) is -1.05. The van der Waals surface area contributed by atoms with Crippen LogP contribution < -0.4 is 5.32 Å². The van der Waals surface area contributed by atoms with Crippen molar-refractivity contribution < 1.29 is 14.6 Å². The maximum atomic E-state index is 11.8. The summed E-state index contributed by atoms with van der Waals surface area (Å²) < 4.78 is 5.30. The fourth-order valence-corrected chi connectivity index (χ4v) is 2.87. The van der Waals surface area contributed by atoms with Gasteiger partial charge in [-0.25, -0.2) is 4.79 Å². The fourth-order valence-electron chi connectivity index (χ4n) is 2.87. The van der Waals surface area contributed by atoms with E-state index in [1.54, 1.807) is 0 Å². The molecule has 0 aromatic carbocycles. The third-order valence-corrected chi connectivity index (χ3v) is 3.97. The molecule has 4 heteroatoms. The highest BCUT2D eigenvalue weighted by molar-refractivity contribution is 5.69. The van der Waals surface area contributed by atoms with Crippen molar-refractivity contribution in [3.05, 3.63) is 0 Å². The summed E-state index contributed by atoms with van der Waals surface area (Å²) in [5.74, 6) is 0. The first-order valence-corrected chi connectivity index (χ1v) is 6.46. The van der Waals surface area contributed by atoms with Crippen LogP contribution in [0.5, 0.6) is 0 Å². The number of carbonyl (C=O) groups is 1. The molecule has 0 aromatic rings. The highest BCUT2D eigenvalue weighted by Gasteiger charge is 2.48. The molecule has 3 aliphatic rings. The van der Waals surface area contributed by atoms with Crippen LogP contribution in [0.1, 0.15) is 59.3 Å². The lowest BCUT2D eigenvalue weighted by Crippen LogP contribution is -2.59. The second kappa shape index (κ2) is 3.87. The maximum absolute atomic E-state index is 11.8. The highest BCUT2D eigenvalue weighted by Crippen LogP contribution is 2.46. The molecule has 0 atom stereocenters. The quantitative estimate of drug-likeness (QED) is 0.741. The number of fused-ring (bicyclic) bond motifs is 3. The average Bonchev–Trinajstić information content (AvgIpc) is 2.17. The molecule has 0 radical (unpaired) electrons. The number of rotatable bonds is 1. The standard InChI is InChI=1S/C13H23NO3/c1-11(2,3)17-10(15)14-12-4-7-13(16,8-5-12)9-6-12/h16H,4-9H2,1-3H3,(H,14,15). The molecule has 17 heavy (non-hydrogen) atoms. The number of hydrogen-bond donors (Lipinski definition) is 2. The Hall–Kier alpha value is -0.770. The van der Waals surface area contributed by atoms with Gasteiger partial charge >= 0.3 is 6.09 Å². The van der Waals surface area contributed by atoms with Crippen LogP contribution in [0, 0.1) is 0 Å². The van der Waals surface area contributed by atoms with Gasteiger partial charge in [-0.05, 0) is 59.3 Å². The molecular weight excluding hydrogens is 218 g/mol. The van der Waals surface area contributed by atoms with Crippen LogP contribution in [-0.2, 0) is 4.74 Å². The Bertz CT molecular complexity index is 295. The van der Waals surface area contributed by atoms with E-state index in [2.05, 4.69) is 5.32 Å². The molecular formula is C13H23NO3. The normalized spacial score (nSPS) is 36.7. The van der Waals surface area contributed by atoms with E-state index in [4.69, 9.17) is 4.74 Å². The third kappa shape index (κ3) is 2.92. The van der Waals surface area contributed by atoms with Crippen LogP contribution in [0.3, 0.4) is 0 Å². The molecule has 3 aliphatic carbocycles. The minimum atomic E-state index is -0.461. The van der Waals surface area contributed by atoms with E-state index in [0.29, 0.717) is 0 Å². The van der Waals surface area contributed by atoms with Crippen molar-refractivity contribution >= 4 is 6.09 Å². The molecule has 0 spiro atoms. The molecule has 4 nitrogen and oxygen atoms in total. The first kappa shape index (κ1) is 12.7. The van der Waals surface area contributed by atoms with Gasteiger partial charge in [0.2, 0.25) is 0 Å². The van der Waals surface area contributed by atoms with E-state index >= 15 is 0 Å². The van der Waals surface area contributed by atoms with E-state index in [1.807, 2.05) is 20.8 Å². The molecule has 2 N–H and O–H groups in total. The van der Waals surface area contributed by atoms with Gasteiger partial charge in [-0.15, -0.1) is 0 Å². The second-order valence-electron chi connectivity index (χ2n) is 6.63. The zero-order chi connectivity index (χ0) is 12.7. The van der Waals surface area contributed by atoms with Crippen molar-refractivity contribution in [2.24, 2.45) is 0 Å². The van der Waals surface area contributed by atoms with Gasteiger partial charge in [0.15, 0.2) is 0 Å². The fraction of sp³-hybridized carbons (Fsp3) is 0.923. The van der Waals surface area contributed by atoms with Crippen LogP contribution in [0.25, 0.3) is 0 Å². The maximum Gasteiger partial charge on any atom is 0.408 e. The SMILES string of the molecule is CC(C)(C)OC(=O)NC12CCC(O)(CC1)CC2. The van der Waals surface area contributed by atoms with Gasteiger partial charge in [-0.1, -0.05) is 0 Å². The largest absolute Gasteiger partial charge is 0.444 e. The van der Waals surface area contributed by atoms with Gasteiger partial charge in [0.05, 0.1) is 5.60 Å². The van der Waals surface area contributed by atoms with Crippen molar-refractivity contribution in [1.29, 1.82) is 0 Å². The van der Waals surface area contributed by atoms with Gasteiger partial charge in [0.25, 0.3) is 0 Å². The summed E-state index contributed by atoms with van der Waals surface area (Å²) >= 11 is 0. The van der Waals surface area contributed by atoms with Gasteiger partial charge < -0.3 is 15.2 Å². The monoisotopic (exact) mass is 241 g/mol. The molecule has 1 amide bonds. The number of carbonyl (C=O) groups excluding carboxylic acids is 1. The predicted molar refractivity (Wildman–Crippen MR) is 64.8 cm³/mol. The summed E-state index contributed by atoms with van der Waals surface area (Å²) in [6.07, 6.45) is 4.65. The van der Waals surface area contributed by atoms with Crippen molar-refractivity contribution in [2.75, 3.05) is 0 Å². The summed E-state index contributed by atoms with van der Waals surface area (Å²) in [5, 5.41) is 13.1. The highest BCUT2D eigenvalue weighted by atomic mass is 16.6. The Morgan fingerprint density at radius 1 is 1.12 bits per heavy atom. The third-order valence-electron chi connectivity index (χ3n) is 3.97. The number of amides is 1. The number of hydrogen-bond acceptors (Lipinski definition) is 3. The van der Waals surface area contributed by atoms with Crippen molar-refractivity contribution in [2.45, 2.75) is 76.0 Å². The topological polar surface area (TPSA) is 58.6 Å². The molecule has 0 unspecified atom stereocenters. The lowest BCUT2D eigenvalue weighted by atomic mass is 9.63. The van der Waals surface area contributed by atoms with Crippen LogP contribution in [0.4, 0.5) is 4.79 Å². The van der Waals surface area contributed by atoms with Crippen LogP contribution in [0.15, 0.2) is 0 Å². The zero-order valence-corrected chi connectivity index (χ0v) is 11.0. The Kier molecular flexibility index (Phi) is 2.89. The Morgan fingerprint density at radius 2 is 1.59 bits per heavy atom. The predicted octanol–water partition coefficient (Wildman–Crippen LogP) is 2.35. The van der Waals surface area contributed by atoms with E-state index in [1.165, 1.54) is 0 Å². The van der Waals surface area contributed by atoms with Gasteiger partial charge in [0, 0.05) is 5.54 Å². The molecule has 0 aromatic heterocycles. The van der Waals surface area contributed by atoms with E-state index in [-0.39, 0.29) is 11.6 Å². The lowest BCUT2D eigenvalue weighted by Gasteiger charge is -2.51. The summed E-state index contributed by atoms with van der Waals surface area (Å²) in [4.78, 5) is 11.8. The van der Waals surface area contributed by atoms with Crippen molar-refractivity contribution in [3.63, 3.8) is 0 Å². The average molecular weight is 241 g/mol. The molecule has 3 saturated carbocycles. The molecule has 98 valence electrons. The molecule has 0 heterocycles. The van der Waals surface area contributed by atoms with E-state index in [9.17, 15) is 9.90 Å². The Labute approximate surface area is 103 Å². The van der Waals surface area contributed by atoms with Crippen LogP contribution >= 0.6 is 0 Å². The first-order chi connectivity index (χ1) is 7.72. The zero-order valence-electron chi connectivity index (χ0n) is 11.0. The minimum Gasteiger partial charge on any atom is -0.444 e. The Balaban J connectivity index is 1.93. The first-order valence-electron chi connectivity index (χ1n) is 6.46. The molecule has 0 saturated heterocycles. The molecule has 3 rings (SSSR count). The second-order valence-corrected chi connectivity index (χ2v) is 6.63. The molecule has 3 fully saturated rings. The summed E-state index contributed by atoms with van der Waals surface area (Å²) in [7, 11) is 0. The van der Waals surface area contributed by atoms with Crippen LogP contribution in [-0.4, -0.2) is 27.9 Å². The van der Waals surface area contributed by atoms with Gasteiger partial charge in [-0.3, -0.25) is 0 Å². The van der Waals surface area contributed by atoms with Crippen molar-refractivity contribution in [3.8, 4) is 0 Å².